The maximum absolute atomic E-state index is 12.0. The molecule has 5 heteroatoms. The third-order valence-corrected chi connectivity index (χ3v) is 5.37. The molecule has 1 aliphatic rings. The average molecular weight is 349 g/mol. The van der Waals surface area contributed by atoms with Gasteiger partial charge in [0.25, 0.3) is 0 Å². The van der Waals surface area contributed by atoms with Gasteiger partial charge >= 0.3 is 0 Å². The van der Waals surface area contributed by atoms with Crippen LogP contribution in [0.5, 0.6) is 0 Å². The normalized spacial score (nSPS) is 14.1. The van der Waals surface area contributed by atoms with Crippen molar-refractivity contribution in [2.24, 2.45) is 0 Å². The fourth-order valence-electron chi connectivity index (χ4n) is 3.02. The standard InChI is InChI=1S/C18H21ClN2OS/c1-11(2)20-17(22)10-23-18-13-5-3-4-6-15(13)21-16-8-7-12(19)9-14(16)18/h7-9,11H,3-6,10H2,1-2H3,(H,20,22). The van der Waals surface area contributed by atoms with E-state index in [9.17, 15) is 4.79 Å². The second-order valence-corrected chi connectivity index (χ2v) is 7.67. The minimum atomic E-state index is 0.0709. The van der Waals surface area contributed by atoms with Gasteiger partial charge < -0.3 is 5.32 Å². The van der Waals surface area contributed by atoms with Crippen LogP contribution in [0.1, 0.15) is 37.9 Å². The Morgan fingerprint density at radius 1 is 1.35 bits per heavy atom. The highest BCUT2D eigenvalue weighted by Gasteiger charge is 2.19. The number of thioether (sulfide) groups is 1. The lowest BCUT2D eigenvalue weighted by molar-refractivity contribution is -0.119. The molecule has 1 aliphatic carbocycles. The molecule has 0 bridgehead atoms. The van der Waals surface area contributed by atoms with Crippen molar-refractivity contribution >= 4 is 40.2 Å². The molecule has 1 aromatic carbocycles. The van der Waals surface area contributed by atoms with Gasteiger partial charge in [0, 0.05) is 27.0 Å². The fourth-order valence-corrected chi connectivity index (χ4v) is 4.26. The second-order valence-electron chi connectivity index (χ2n) is 6.25. The van der Waals surface area contributed by atoms with Gasteiger partial charge in [-0.05, 0) is 63.3 Å². The molecule has 0 aliphatic heterocycles. The summed E-state index contributed by atoms with van der Waals surface area (Å²) in [5, 5.41) is 4.73. The molecule has 2 aromatic rings. The van der Waals surface area contributed by atoms with Crippen molar-refractivity contribution in [3.63, 3.8) is 0 Å². The summed E-state index contributed by atoms with van der Waals surface area (Å²) in [5.74, 6) is 0.498. The molecule has 1 aromatic heterocycles. The van der Waals surface area contributed by atoms with E-state index in [0.29, 0.717) is 10.8 Å². The van der Waals surface area contributed by atoms with Crippen LogP contribution in [0.3, 0.4) is 0 Å². The van der Waals surface area contributed by atoms with Gasteiger partial charge in [-0.3, -0.25) is 9.78 Å². The maximum atomic E-state index is 12.0. The summed E-state index contributed by atoms with van der Waals surface area (Å²) in [6.45, 7) is 3.96. The summed E-state index contributed by atoms with van der Waals surface area (Å²) in [4.78, 5) is 18.0. The Balaban J connectivity index is 1.98. The average Bonchev–Trinajstić information content (AvgIpc) is 2.51. The van der Waals surface area contributed by atoms with Crippen molar-refractivity contribution in [3.05, 3.63) is 34.5 Å². The third-order valence-electron chi connectivity index (χ3n) is 3.97. The Hall–Kier alpha value is -1.26. The van der Waals surface area contributed by atoms with E-state index in [-0.39, 0.29) is 11.9 Å². The van der Waals surface area contributed by atoms with E-state index >= 15 is 0 Å². The number of carbonyl (C=O) groups is 1. The predicted molar refractivity (Wildman–Crippen MR) is 97.4 cm³/mol. The lowest BCUT2D eigenvalue weighted by Gasteiger charge is -2.20. The first kappa shape index (κ1) is 16.6. The largest absolute Gasteiger partial charge is 0.353 e. The highest BCUT2D eigenvalue weighted by Crippen LogP contribution is 2.36. The Bertz CT molecular complexity index is 745. The van der Waals surface area contributed by atoms with Crippen molar-refractivity contribution in [3.8, 4) is 0 Å². The number of aromatic nitrogens is 1. The number of nitrogens with zero attached hydrogens (tertiary/aromatic N) is 1. The molecular weight excluding hydrogens is 328 g/mol. The topological polar surface area (TPSA) is 42.0 Å². The van der Waals surface area contributed by atoms with Crippen LogP contribution in [-0.2, 0) is 17.6 Å². The third kappa shape index (κ3) is 3.81. The van der Waals surface area contributed by atoms with E-state index in [2.05, 4.69) is 5.32 Å². The van der Waals surface area contributed by atoms with E-state index in [1.54, 1.807) is 11.8 Å². The van der Waals surface area contributed by atoms with Crippen molar-refractivity contribution in [1.29, 1.82) is 0 Å². The summed E-state index contributed by atoms with van der Waals surface area (Å²) in [6, 6.07) is 6.00. The van der Waals surface area contributed by atoms with E-state index in [1.165, 1.54) is 29.0 Å². The number of hydrogen-bond acceptors (Lipinski definition) is 3. The SMILES string of the molecule is CC(C)NC(=O)CSc1c2c(nc3ccc(Cl)cc13)CCCC2. The number of pyridine rings is 1. The van der Waals surface area contributed by atoms with E-state index in [4.69, 9.17) is 16.6 Å². The monoisotopic (exact) mass is 348 g/mol. The van der Waals surface area contributed by atoms with Crippen LogP contribution in [0, 0.1) is 0 Å². The smallest absolute Gasteiger partial charge is 0.230 e. The number of hydrogen-bond donors (Lipinski definition) is 1. The lowest BCUT2D eigenvalue weighted by Crippen LogP contribution is -2.31. The number of rotatable bonds is 4. The highest BCUT2D eigenvalue weighted by atomic mass is 35.5. The molecule has 1 heterocycles. The van der Waals surface area contributed by atoms with Crippen LogP contribution in [0.2, 0.25) is 5.02 Å². The van der Waals surface area contributed by atoms with Gasteiger partial charge in [0.1, 0.15) is 0 Å². The maximum Gasteiger partial charge on any atom is 0.230 e. The Morgan fingerprint density at radius 2 is 2.13 bits per heavy atom. The molecule has 0 saturated heterocycles. The first-order valence-corrected chi connectivity index (χ1v) is 9.44. The summed E-state index contributed by atoms with van der Waals surface area (Å²) in [5.41, 5.74) is 3.48. The number of amides is 1. The number of halogens is 1. The van der Waals surface area contributed by atoms with Crippen LogP contribution in [0.15, 0.2) is 23.1 Å². The molecule has 0 unspecified atom stereocenters. The van der Waals surface area contributed by atoms with Gasteiger partial charge in [-0.25, -0.2) is 0 Å². The quantitative estimate of drug-likeness (QED) is 0.833. The molecular formula is C18H21ClN2OS. The van der Waals surface area contributed by atoms with Crippen LogP contribution in [-0.4, -0.2) is 22.7 Å². The molecule has 0 fully saturated rings. The van der Waals surface area contributed by atoms with Crippen LogP contribution >= 0.6 is 23.4 Å². The van der Waals surface area contributed by atoms with Crippen LogP contribution < -0.4 is 5.32 Å². The molecule has 23 heavy (non-hydrogen) atoms. The fraction of sp³-hybridized carbons (Fsp3) is 0.444. The van der Waals surface area contributed by atoms with Gasteiger partial charge in [0.2, 0.25) is 5.91 Å². The summed E-state index contributed by atoms with van der Waals surface area (Å²) >= 11 is 7.80. The number of nitrogens with one attached hydrogen (secondary N) is 1. The number of aryl methyl sites for hydroxylation is 1. The van der Waals surface area contributed by atoms with Crippen molar-refractivity contribution in [2.75, 3.05) is 5.75 Å². The van der Waals surface area contributed by atoms with Gasteiger partial charge in [0.05, 0.1) is 11.3 Å². The van der Waals surface area contributed by atoms with E-state index in [0.717, 1.165) is 23.7 Å². The van der Waals surface area contributed by atoms with Gasteiger partial charge in [-0.1, -0.05) is 11.6 Å². The molecule has 1 amide bonds. The van der Waals surface area contributed by atoms with E-state index in [1.807, 2.05) is 32.0 Å². The summed E-state index contributed by atoms with van der Waals surface area (Å²) in [7, 11) is 0. The number of fused-ring (bicyclic) bond motifs is 2. The highest BCUT2D eigenvalue weighted by molar-refractivity contribution is 8.00. The first-order valence-electron chi connectivity index (χ1n) is 8.08. The zero-order valence-corrected chi connectivity index (χ0v) is 15.1. The van der Waals surface area contributed by atoms with Crippen molar-refractivity contribution < 1.29 is 4.79 Å². The zero-order valence-electron chi connectivity index (χ0n) is 13.5. The first-order chi connectivity index (χ1) is 11.0. The van der Waals surface area contributed by atoms with Gasteiger partial charge in [0.15, 0.2) is 0 Å². The zero-order chi connectivity index (χ0) is 16.4. The molecule has 0 atom stereocenters. The van der Waals surface area contributed by atoms with Crippen LogP contribution in [0.4, 0.5) is 0 Å². The molecule has 3 rings (SSSR count). The second kappa shape index (κ2) is 7.10. The Labute approximate surface area is 146 Å². The molecule has 0 spiro atoms. The van der Waals surface area contributed by atoms with Gasteiger partial charge in [-0.2, -0.15) is 0 Å². The lowest BCUT2D eigenvalue weighted by atomic mass is 9.94. The molecule has 122 valence electrons. The summed E-state index contributed by atoms with van der Waals surface area (Å²) in [6.07, 6.45) is 4.45. The molecule has 0 radical (unpaired) electrons. The molecule has 1 N–H and O–H groups in total. The predicted octanol–water partition coefficient (Wildman–Crippen LogP) is 4.38. The number of carbonyl (C=O) groups excluding carboxylic acids is 1. The Kier molecular flexibility index (Phi) is 5.12. The minimum Gasteiger partial charge on any atom is -0.353 e. The summed E-state index contributed by atoms with van der Waals surface area (Å²) < 4.78 is 0. The number of benzene rings is 1. The molecule has 0 saturated carbocycles. The minimum absolute atomic E-state index is 0.0709. The van der Waals surface area contributed by atoms with E-state index < -0.39 is 0 Å². The van der Waals surface area contributed by atoms with Gasteiger partial charge in [-0.15, -0.1) is 11.8 Å². The Morgan fingerprint density at radius 3 is 2.91 bits per heavy atom. The van der Waals surface area contributed by atoms with Crippen molar-refractivity contribution in [2.45, 2.75) is 50.5 Å². The molecule has 3 nitrogen and oxygen atoms in total. The van der Waals surface area contributed by atoms with Crippen molar-refractivity contribution in [1.82, 2.24) is 10.3 Å². The van der Waals surface area contributed by atoms with Crippen LogP contribution in [0.25, 0.3) is 10.9 Å².